The molecule has 11 nitrogen and oxygen atoms in total. The molecule has 0 spiro atoms. The van der Waals surface area contributed by atoms with E-state index in [9.17, 15) is 9.59 Å². The lowest BCUT2D eigenvalue weighted by atomic mass is 10.0. The highest BCUT2D eigenvalue weighted by Crippen LogP contribution is 2.45. The Kier molecular flexibility index (Phi) is 10.9. The predicted octanol–water partition coefficient (Wildman–Crippen LogP) is 4.17. The van der Waals surface area contributed by atoms with E-state index in [0.717, 1.165) is 19.6 Å². The number of aromatic nitrogens is 3. The predicted molar refractivity (Wildman–Crippen MR) is 165 cm³/mol. The van der Waals surface area contributed by atoms with Gasteiger partial charge in [-0.25, -0.2) is 4.98 Å². The number of hydrogen-bond donors (Lipinski definition) is 1. The van der Waals surface area contributed by atoms with Crippen molar-refractivity contribution in [3.8, 4) is 22.6 Å². The number of ether oxygens (including phenoxy) is 3. The molecule has 4 rings (SSSR count). The number of halogens is 2. The summed E-state index contributed by atoms with van der Waals surface area (Å²) in [5.41, 5.74) is 0.813. The molecular weight excluding hydrogens is 583 g/mol. The van der Waals surface area contributed by atoms with Gasteiger partial charge >= 0.3 is 0 Å². The lowest BCUT2D eigenvalue weighted by molar-refractivity contribution is -0.130. The Labute approximate surface area is 255 Å². The lowest BCUT2D eigenvalue weighted by Gasteiger charge is -2.34. The Hall–Kier alpha value is -3.12. The third kappa shape index (κ3) is 7.26. The fourth-order valence-corrected chi connectivity index (χ4v) is 5.65. The molecule has 1 aliphatic heterocycles. The smallest absolute Gasteiger partial charge is 0.260 e. The van der Waals surface area contributed by atoms with Crippen molar-refractivity contribution in [2.45, 2.75) is 39.8 Å². The molecule has 1 aromatic carbocycles. The minimum absolute atomic E-state index is 0.0934. The van der Waals surface area contributed by atoms with Crippen LogP contribution in [0.15, 0.2) is 23.1 Å². The van der Waals surface area contributed by atoms with Gasteiger partial charge in [-0.2, -0.15) is 4.98 Å². The molecule has 1 amide bonds. The third-order valence-electron chi connectivity index (χ3n) is 7.18. The fraction of sp³-hybridized carbons (Fsp3) is 0.517. The third-order valence-corrected chi connectivity index (χ3v) is 7.93. The summed E-state index contributed by atoms with van der Waals surface area (Å²) in [6.45, 7) is 10.7. The zero-order chi connectivity index (χ0) is 30.4. The summed E-state index contributed by atoms with van der Waals surface area (Å²) in [7, 11) is 2.98. The quantitative estimate of drug-likeness (QED) is 0.298. The van der Waals surface area contributed by atoms with Gasteiger partial charge < -0.3 is 24.4 Å². The van der Waals surface area contributed by atoms with Gasteiger partial charge in [0.1, 0.15) is 17.1 Å². The molecule has 2 aromatic heterocycles. The number of nitrogens with zero attached hydrogens (tertiary/aromatic N) is 5. The van der Waals surface area contributed by atoms with Gasteiger partial charge in [-0.05, 0) is 32.9 Å². The topological polar surface area (TPSA) is 111 Å². The summed E-state index contributed by atoms with van der Waals surface area (Å²) >= 11 is 13.4. The van der Waals surface area contributed by atoms with E-state index in [2.05, 4.69) is 15.2 Å². The molecule has 0 saturated carbocycles. The molecule has 3 aromatic rings. The average Bonchev–Trinajstić information content (AvgIpc) is 2.97. The number of benzene rings is 1. The molecule has 3 heterocycles. The van der Waals surface area contributed by atoms with Gasteiger partial charge in [-0.3, -0.25) is 19.1 Å². The van der Waals surface area contributed by atoms with E-state index in [1.807, 2.05) is 18.7 Å². The maximum atomic E-state index is 14.1. The summed E-state index contributed by atoms with van der Waals surface area (Å²) in [5, 5.41) is 4.24. The highest BCUT2D eigenvalue weighted by atomic mass is 35.5. The molecular formula is C29H38Cl2N6O5. The molecule has 1 saturated heterocycles. The van der Waals surface area contributed by atoms with Crippen molar-refractivity contribution >= 4 is 46.1 Å². The fourth-order valence-electron chi connectivity index (χ4n) is 4.95. The Balaban J connectivity index is 1.70. The molecule has 1 N–H and O–H groups in total. The van der Waals surface area contributed by atoms with E-state index in [1.165, 1.54) is 14.2 Å². The number of fused-ring (bicyclic) bond motifs is 1. The van der Waals surface area contributed by atoms with Crippen LogP contribution in [0.25, 0.3) is 22.2 Å². The van der Waals surface area contributed by atoms with Crippen LogP contribution in [0.2, 0.25) is 10.0 Å². The summed E-state index contributed by atoms with van der Waals surface area (Å²) in [4.78, 5) is 39.2. The normalized spacial score (nSPS) is 14.0. The van der Waals surface area contributed by atoms with Gasteiger partial charge in [-0.1, -0.05) is 23.2 Å². The largest absolute Gasteiger partial charge is 0.495 e. The molecule has 13 heteroatoms. The number of rotatable bonds is 12. The zero-order valence-electron chi connectivity index (χ0n) is 24.7. The van der Waals surface area contributed by atoms with Crippen molar-refractivity contribution in [3.63, 3.8) is 0 Å². The van der Waals surface area contributed by atoms with Gasteiger partial charge in [-0.15, -0.1) is 0 Å². The van der Waals surface area contributed by atoms with Crippen molar-refractivity contribution in [3.05, 3.63) is 38.7 Å². The van der Waals surface area contributed by atoms with Crippen molar-refractivity contribution in [1.29, 1.82) is 0 Å². The molecule has 42 heavy (non-hydrogen) atoms. The van der Waals surface area contributed by atoms with E-state index in [-0.39, 0.29) is 27.6 Å². The van der Waals surface area contributed by atoms with E-state index in [4.69, 9.17) is 42.4 Å². The van der Waals surface area contributed by atoms with Gasteiger partial charge in [0.25, 0.3) is 5.56 Å². The van der Waals surface area contributed by atoms with E-state index in [1.54, 1.807) is 29.8 Å². The maximum Gasteiger partial charge on any atom is 0.260 e. The first-order valence-corrected chi connectivity index (χ1v) is 14.7. The summed E-state index contributed by atoms with van der Waals surface area (Å²) < 4.78 is 18.1. The molecule has 0 aliphatic carbocycles. The van der Waals surface area contributed by atoms with Crippen molar-refractivity contribution < 1.29 is 19.0 Å². The lowest BCUT2D eigenvalue weighted by Crippen LogP contribution is -2.48. The van der Waals surface area contributed by atoms with E-state index >= 15 is 0 Å². The molecule has 0 bridgehead atoms. The van der Waals surface area contributed by atoms with Crippen LogP contribution in [0.4, 0.5) is 5.95 Å². The molecule has 1 fully saturated rings. The Bertz CT molecular complexity index is 1450. The van der Waals surface area contributed by atoms with Gasteiger partial charge in [0.15, 0.2) is 0 Å². The van der Waals surface area contributed by atoms with Crippen LogP contribution in [0.3, 0.4) is 0 Å². The number of carbonyl (C=O) groups is 1. The second kappa shape index (κ2) is 14.4. The first kappa shape index (κ1) is 31.8. The number of aryl methyl sites for hydroxylation is 1. The van der Waals surface area contributed by atoms with Gasteiger partial charge in [0, 0.05) is 69.4 Å². The SMILES string of the molecule is COc1cc(OC)c(Cl)c(-c2cc3cnc(NCCOC(C)C)nc3n(CCCN3CCN(C(C)=O)CC3)c2=O)c1Cl. The van der Waals surface area contributed by atoms with Gasteiger partial charge in [0.05, 0.1) is 42.5 Å². The molecule has 228 valence electrons. The number of carbonyl (C=O) groups excluding carboxylic acids is 1. The molecule has 0 atom stereocenters. The Morgan fingerprint density at radius 3 is 2.31 bits per heavy atom. The van der Waals surface area contributed by atoms with Crippen LogP contribution in [0, 0.1) is 0 Å². The molecule has 0 radical (unpaired) electrons. The first-order valence-electron chi connectivity index (χ1n) is 14.0. The Morgan fingerprint density at radius 1 is 1.05 bits per heavy atom. The zero-order valence-corrected chi connectivity index (χ0v) is 26.2. The standard InChI is InChI=1S/C29H38Cl2N6O5/c1-18(2)42-14-7-32-29-33-17-20-15-21(24-25(30)22(40-4)16-23(41-5)26(24)31)28(39)37(27(20)34-29)9-6-8-35-10-12-36(13-11-35)19(3)38/h15-18H,6-14H2,1-5H3,(H,32,33,34). The number of pyridine rings is 1. The average molecular weight is 622 g/mol. The first-order chi connectivity index (χ1) is 20.1. The van der Waals surface area contributed by atoms with E-state index < -0.39 is 0 Å². The number of methoxy groups -OCH3 is 2. The molecule has 0 unspecified atom stereocenters. The van der Waals surface area contributed by atoms with Gasteiger partial charge in [0.2, 0.25) is 11.9 Å². The monoisotopic (exact) mass is 620 g/mol. The molecule has 1 aliphatic rings. The number of hydrogen-bond acceptors (Lipinski definition) is 9. The van der Waals surface area contributed by atoms with Crippen molar-refractivity contribution in [1.82, 2.24) is 24.3 Å². The maximum absolute atomic E-state index is 14.1. The van der Waals surface area contributed by atoms with E-state index in [0.29, 0.717) is 78.8 Å². The summed E-state index contributed by atoms with van der Waals surface area (Å²) in [6.07, 6.45) is 2.48. The van der Waals surface area contributed by atoms with Crippen LogP contribution in [0.5, 0.6) is 11.5 Å². The minimum Gasteiger partial charge on any atom is -0.495 e. The second-order valence-corrected chi connectivity index (χ2v) is 11.1. The highest BCUT2D eigenvalue weighted by Gasteiger charge is 2.24. The van der Waals surface area contributed by atoms with Crippen LogP contribution < -0.4 is 20.3 Å². The van der Waals surface area contributed by atoms with Crippen LogP contribution in [-0.4, -0.2) is 96.4 Å². The number of nitrogens with one attached hydrogen (secondary N) is 1. The van der Waals surface area contributed by atoms with Crippen LogP contribution >= 0.6 is 23.2 Å². The summed E-state index contributed by atoms with van der Waals surface area (Å²) in [5.74, 6) is 1.16. The van der Waals surface area contributed by atoms with Crippen molar-refractivity contribution in [2.75, 3.05) is 65.4 Å². The number of amides is 1. The van der Waals surface area contributed by atoms with Crippen molar-refractivity contribution in [2.24, 2.45) is 0 Å². The minimum atomic E-state index is -0.296. The highest BCUT2D eigenvalue weighted by molar-refractivity contribution is 6.41. The number of anilines is 1. The summed E-state index contributed by atoms with van der Waals surface area (Å²) in [6, 6.07) is 3.29. The van der Waals surface area contributed by atoms with Crippen LogP contribution in [-0.2, 0) is 16.1 Å². The second-order valence-electron chi connectivity index (χ2n) is 10.3. The Morgan fingerprint density at radius 2 is 1.71 bits per heavy atom. The van der Waals surface area contributed by atoms with Crippen LogP contribution in [0.1, 0.15) is 27.2 Å². The number of piperazine rings is 1.